The summed E-state index contributed by atoms with van der Waals surface area (Å²) in [5.41, 5.74) is -2.54. The zero-order valence-electron chi connectivity index (χ0n) is 17.7. The Morgan fingerprint density at radius 3 is 2.71 bits per heavy atom. The van der Waals surface area contributed by atoms with Gasteiger partial charge in [-0.3, -0.25) is 9.69 Å². The predicted molar refractivity (Wildman–Crippen MR) is 107 cm³/mol. The zero-order valence-corrected chi connectivity index (χ0v) is 18.4. The van der Waals surface area contributed by atoms with Crippen LogP contribution in [0.3, 0.4) is 0 Å². The number of halogens is 6. The van der Waals surface area contributed by atoms with E-state index in [2.05, 4.69) is 15.5 Å². The number of hydrogen-bond acceptors (Lipinski definition) is 6. The summed E-state index contributed by atoms with van der Waals surface area (Å²) in [6, 6.07) is 3.88. The second-order valence-corrected chi connectivity index (χ2v) is 9.60. The van der Waals surface area contributed by atoms with Crippen molar-refractivity contribution in [2.75, 3.05) is 26.2 Å². The third kappa shape index (κ3) is 4.21. The van der Waals surface area contributed by atoms with Crippen molar-refractivity contribution in [1.82, 2.24) is 20.4 Å². The largest absolute Gasteiger partial charge is 0.484 e. The number of nitrogens with one attached hydrogen (secondary N) is 1. The van der Waals surface area contributed by atoms with E-state index in [1.54, 1.807) is 0 Å². The fraction of sp³-hybridized carbons (Fsp3) is 0.571. The van der Waals surface area contributed by atoms with Gasteiger partial charge >= 0.3 is 6.18 Å². The summed E-state index contributed by atoms with van der Waals surface area (Å²) >= 11 is 5.62. The number of amides is 1. The van der Waals surface area contributed by atoms with Crippen molar-refractivity contribution in [1.29, 1.82) is 0 Å². The van der Waals surface area contributed by atoms with Gasteiger partial charge in [0.05, 0.1) is 11.6 Å². The summed E-state index contributed by atoms with van der Waals surface area (Å²) in [6.07, 6.45) is -2.34. The average Bonchev–Trinajstić information content (AvgIpc) is 3.21. The van der Waals surface area contributed by atoms with Gasteiger partial charge in [-0.25, -0.2) is 8.78 Å². The number of alkyl halides is 4. The second-order valence-electron chi connectivity index (χ2n) is 9.20. The molecule has 1 N–H and O–H groups in total. The van der Waals surface area contributed by atoms with Crippen LogP contribution in [-0.4, -0.2) is 59.0 Å². The number of carbonyl (C=O) groups excluding carboxylic acids is 1. The van der Waals surface area contributed by atoms with Crippen molar-refractivity contribution in [2.24, 2.45) is 5.92 Å². The number of hydrogen-bond donors (Lipinski definition) is 1. The highest BCUT2D eigenvalue weighted by atomic mass is 35.5. The predicted octanol–water partition coefficient (Wildman–Crippen LogP) is 3.74. The molecular weight excluding hydrogens is 487 g/mol. The van der Waals surface area contributed by atoms with Crippen LogP contribution in [0.15, 0.2) is 22.6 Å². The number of benzene rings is 1. The highest BCUT2D eigenvalue weighted by Gasteiger charge is 2.63. The van der Waals surface area contributed by atoms with Crippen LogP contribution < -0.4 is 10.1 Å². The van der Waals surface area contributed by atoms with Crippen LogP contribution in [0, 0.1) is 11.7 Å². The molecule has 3 aliphatic rings. The number of rotatable bonds is 7. The quantitative estimate of drug-likeness (QED) is 0.576. The normalized spacial score (nSPS) is 27.7. The van der Waals surface area contributed by atoms with Gasteiger partial charge < -0.3 is 14.5 Å². The molecular formula is C21H20ClF5N4O3. The third-order valence-corrected chi connectivity index (χ3v) is 7.13. The van der Waals surface area contributed by atoms with Gasteiger partial charge in [0.15, 0.2) is 6.61 Å². The van der Waals surface area contributed by atoms with Crippen LogP contribution in [0.1, 0.15) is 37.0 Å². The first-order chi connectivity index (χ1) is 16.0. The van der Waals surface area contributed by atoms with Crippen molar-refractivity contribution in [2.45, 2.75) is 42.6 Å². The van der Waals surface area contributed by atoms with E-state index in [-0.39, 0.29) is 46.9 Å². The average molecular weight is 507 g/mol. The lowest BCUT2D eigenvalue weighted by Gasteiger charge is -2.62. The molecule has 2 heterocycles. The smallest absolute Gasteiger partial charge is 0.401 e. The van der Waals surface area contributed by atoms with E-state index in [1.165, 1.54) is 12.1 Å². The van der Waals surface area contributed by atoms with E-state index in [0.29, 0.717) is 6.42 Å². The Morgan fingerprint density at radius 2 is 2.09 bits per heavy atom. The summed E-state index contributed by atoms with van der Waals surface area (Å²) in [5.74, 6) is -1.08. The molecule has 0 spiro atoms. The minimum Gasteiger partial charge on any atom is -0.484 e. The van der Waals surface area contributed by atoms with Gasteiger partial charge in [-0.2, -0.15) is 13.2 Å². The van der Waals surface area contributed by atoms with Gasteiger partial charge in [-0.1, -0.05) is 11.6 Å². The maximum Gasteiger partial charge on any atom is 0.401 e. The van der Waals surface area contributed by atoms with Gasteiger partial charge in [0.1, 0.15) is 11.6 Å². The van der Waals surface area contributed by atoms with Crippen molar-refractivity contribution in [3.05, 3.63) is 40.8 Å². The summed E-state index contributed by atoms with van der Waals surface area (Å²) in [7, 11) is 0. The molecule has 3 atom stereocenters. The molecule has 5 rings (SSSR count). The van der Waals surface area contributed by atoms with Gasteiger partial charge in [0.2, 0.25) is 11.6 Å². The summed E-state index contributed by atoms with van der Waals surface area (Å²) in [6.45, 7) is -2.41. The lowest BCUT2D eigenvalue weighted by molar-refractivity contribution is -0.176. The molecule has 7 nitrogen and oxygen atoms in total. The number of fused-ring (bicyclic) bond motifs is 1. The lowest BCUT2D eigenvalue weighted by Crippen LogP contribution is -2.69. The van der Waals surface area contributed by atoms with E-state index in [4.69, 9.17) is 20.8 Å². The lowest BCUT2D eigenvalue weighted by atomic mass is 9.47. The molecule has 1 saturated heterocycles. The van der Waals surface area contributed by atoms with E-state index in [0.717, 1.165) is 23.8 Å². The van der Waals surface area contributed by atoms with E-state index in [9.17, 15) is 26.7 Å². The monoisotopic (exact) mass is 506 g/mol. The minimum atomic E-state index is -4.40. The van der Waals surface area contributed by atoms with Gasteiger partial charge in [-0.15, -0.1) is 10.2 Å². The zero-order chi connectivity index (χ0) is 24.3. The molecule has 1 aromatic carbocycles. The maximum atomic E-state index is 14.9. The van der Waals surface area contributed by atoms with Crippen LogP contribution in [-0.2, 0) is 10.5 Å². The first-order valence-electron chi connectivity index (χ1n) is 10.7. The van der Waals surface area contributed by atoms with Crippen LogP contribution in [0.25, 0.3) is 0 Å². The maximum absolute atomic E-state index is 14.9. The number of aromatic nitrogens is 2. The topological polar surface area (TPSA) is 80.5 Å². The Kier molecular flexibility index (Phi) is 5.51. The van der Waals surface area contributed by atoms with Crippen LogP contribution in [0.5, 0.6) is 5.75 Å². The molecule has 1 aromatic heterocycles. The van der Waals surface area contributed by atoms with Crippen LogP contribution >= 0.6 is 11.6 Å². The molecule has 184 valence electrons. The highest BCUT2D eigenvalue weighted by molar-refractivity contribution is 6.30. The summed E-state index contributed by atoms with van der Waals surface area (Å²) < 4.78 is 76.5. The summed E-state index contributed by atoms with van der Waals surface area (Å²) in [5, 5.41) is 10.6. The fourth-order valence-corrected chi connectivity index (χ4v) is 5.21. The molecule has 2 aromatic rings. The van der Waals surface area contributed by atoms with Gasteiger partial charge in [-0.05, 0) is 37.3 Å². The van der Waals surface area contributed by atoms with Gasteiger partial charge in [0, 0.05) is 30.6 Å². The van der Waals surface area contributed by atoms with Crippen molar-refractivity contribution in [3.63, 3.8) is 0 Å². The summed E-state index contributed by atoms with van der Waals surface area (Å²) in [4.78, 5) is 13.3. The molecule has 0 radical (unpaired) electrons. The molecule has 0 bridgehead atoms. The first-order valence-corrected chi connectivity index (χ1v) is 11.0. The third-order valence-electron chi connectivity index (χ3n) is 6.82. The van der Waals surface area contributed by atoms with Crippen LogP contribution in [0.2, 0.25) is 5.02 Å². The van der Waals surface area contributed by atoms with E-state index >= 15 is 0 Å². The fourth-order valence-electron chi connectivity index (χ4n) is 5.10. The molecule has 3 unspecified atom stereocenters. The standard InChI is InChI=1S/C21H20ClF5N4O3/c22-14-2-1-11(5-15(14)23)33-7-16(32)28-20-4-3-13(20)12(6-20)17-29-30-18(34-17)19(24)8-31(9-19)10-21(25,26)27/h1-2,5,12-13H,3-4,6-10H2,(H,28,32). The van der Waals surface area contributed by atoms with Crippen molar-refractivity contribution >= 4 is 17.5 Å². The van der Waals surface area contributed by atoms with Crippen LogP contribution in [0.4, 0.5) is 22.0 Å². The van der Waals surface area contributed by atoms with Crippen molar-refractivity contribution in [3.8, 4) is 5.75 Å². The number of nitrogens with zero attached hydrogens (tertiary/aromatic N) is 3. The number of carbonyl (C=O) groups is 1. The Labute approximate surface area is 195 Å². The Morgan fingerprint density at radius 1 is 1.32 bits per heavy atom. The molecule has 3 fully saturated rings. The molecule has 2 saturated carbocycles. The SMILES string of the molecule is O=C(COc1ccc(Cl)c(F)c1)NC12CCC1C(c1nnc(C3(F)CN(CC(F)(F)F)C3)o1)C2. The van der Waals surface area contributed by atoms with E-state index < -0.39 is 42.8 Å². The first kappa shape index (κ1) is 23.3. The second kappa shape index (κ2) is 8.04. The molecule has 1 amide bonds. The van der Waals surface area contributed by atoms with Gasteiger partial charge in [0.25, 0.3) is 11.8 Å². The Bertz CT molecular complexity index is 1110. The Balaban J connectivity index is 1.14. The molecule has 2 aliphatic carbocycles. The van der Waals surface area contributed by atoms with Crippen molar-refractivity contribution < 1.29 is 35.9 Å². The molecule has 13 heteroatoms. The molecule has 1 aliphatic heterocycles. The highest BCUT2D eigenvalue weighted by Crippen LogP contribution is 2.61. The molecule has 34 heavy (non-hydrogen) atoms. The number of ether oxygens (including phenoxy) is 1. The van der Waals surface area contributed by atoms with E-state index in [1.807, 2.05) is 0 Å². The Hall–Kier alpha value is -2.47. The number of likely N-dealkylation sites (tertiary alicyclic amines) is 1. The minimum absolute atomic E-state index is 0.0245.